The summed E-state index contributed by atoms with van der Waals surface area (Å²) in [6, 6.07) is 5.43. The Hall–Kier alpha value is -2.74. The number of carbonyl (C=O) groups is 1. The SMILES string of the molecule is C=CCc1cc(/C=C(/C#N)C(=O)NC2CCCC2)cc(OC)c1O. The van der Waals surface area contributed by atoms with Crippen LogP contribution >= 0.6 is 0 Å². The number of benzene rings is 1. The van der Waals surface area contributed by atoms with E-state index in [1.54, 1.807) is 18.2 Å². The summed E-state index contributed by atoms with van der Waals surface area (Å²) in [4.78, 5) is 12.3. The molecule has 1 aliphatic rings. The molecule has 2 rings (SSSR count). The number of nitrogens with one attached hydrogen (secondary N) is 1. The molecular formula is C19H22N2O3. The molecule has 1 amide bonds. The van der Waals surface area contributed by atoms with Gasteiger partial charge in [0, 0.05) is 11.6 Å². The zero-order valence-electron chi connectivity index (χ0n) is 13.8. The summed E-state index contributed by atoms with van der Waals surface area (Å²) in [5.74, 6) is -0.0146. The number of nitriles is 1. The largest absolute Gasteiger partial charge is 0.504 e. The average Bonchev–Trinajstić information content (AvgIpc) is 3.08. The number of hydrogen-bond acceptors (Lipinski definition) is 4. The van der Waals surface area contributed by atoms with Crippen molar-refractivity contribution >= 4 is 12.0 Å². The van der Waals surface area contributed by atoms with Gasteiger partial charge in [-0.3, -0.25) is 4.79 Å². The Morgan fingerprint density at radius 2 is 2.21 bits per heavy atom. The van der Waals surface area contributed by atoms with Crippen LogP contribution in [0.15, 0.2) is 30.4 Å². The maximum Gasteiger partial charge on any atom is 0.262 e. The third-order valence-corrected chi connectivity index (χ3v) is 4.13. The summed E-state index contributed by atoms with van der Waals surface area (Å²) < 4.78 is 5.16. The minimum absolute atomic E-state index is 0.0409. The molecule has 0 spiro atoms. The molecule has 0 unspecified atom stereocenters. The average molecular weight is 326 g/mol. The van der Waals surface area contributed by atoms with Gasteiger partial charge >= 0.3 is 0 Å². The van der Waals surface area contributed by atoms with E-state index >= 15 is 0 Å². The van der Waals surface area contributed by atoms with Crippen molar-refractivity contribution in [3.63, 3.8) is 0 Å². The predicted octanol–water partition coefficient (Wildman–Crippen LogP) is 3.10. The number of carbonyl (C=O) groups excluding carboxylic acids is 1. The van der Waals surface area contributed by atoms with Crippen LogP contribution in [0.25, 0.3) is 6.08 Å². The standard InChI is InChI=1S/C19H22N2O3/c1-3-6-14-9-13(11-17(24-2)18(14)22)10-15(12-20)19(23)21-16-7-4-5-8-16/h3,9-11,16,22H,1,4-8H2,2H3,(H,21,23)/b15-10-. The van der Waals surface area contributed by atoms with Gasteiger partial charge in [0.25, 0.3) is 5.91 Å². The van der Waals surface area contributed by atoms with Crippen LogP contribution in [0.3, 0.4) is 0 Å². The van der Waals surface area contributed by atoms with E-state index in [9.17, 15) is 15.2 Å². The highest BCUT2D eigenvalue weighted by Gasteiger charge is 2.19. The van der Waals surface area contributed by atoms with E-state index in [-0.39, 0.29) is 23.3 Å². The van der Waals surface area contributed by atoms with Gasteiger partial charge in [0.1, 0.15) is 11.6 Å². The summed E-state index contributed by atoms with van der Waals surface area (Å²) in [7, 11) is 1.46. The zero-order chi connectivity index (χ0) is 17.5. The van der Waals surface area contributed by atoms with Gasteiger partial charge in [-0.05, 0) is 43.0 Å². The van der Waals surface area contributed by atoms with Crippen LogP contribution in [0.5, 0.6) is 11.5 Å². The first kappa shape index (κ1) is 17.6. The molecule has 1 aliphatic carbocycles. The first-order valence-electron chi connectivity index (χ1n) is 8.02. The fourth-order valence-corrected chi connectivity index (χ4v) is 2.89. The van der Waals surface area contributed by atoms with E-state index < -0.39 is 0 Å². The number of hydrogen-bond donors (Lipinski definition) is 2. The molecule has 0 bridgehead atoms. The monoisotopic (exact) mass is 326 g/mol. The van der Waals surface area contributed by atoms with Gasteiger partial charge in [0.2, 0.25) is 0 Å². The summed E-state index contributed by atoms with van der Waals surface area (Å²) in [6.07, 6.45) is 7.77. The van der Waals surface area contributed by atoms with Gasteiger partial charge < -0.3 is 15.2 Å². The Labute approximate surface area is 142 Å². The molecule has 0 aliphatic heterocycles. The number of allylic oxidation sites excluding steroid dienone is 1. The maximum absolute atomic E-state index is 12.3. The lowest BCUT2D eigenvalue weighted by molar-refractivity contribution is -0.117. The van der Waals surface area contributed by atoms with Gasteiger partial charge in [0.05, 0.1) is 7.11 Å². The highest BCUT2D eigenvalue weighted by atomic mass is 16.5. The van der Waals surface area contributed by atoms with Gasteiger partial charge in [-0.2, -0.15) is 5.26 Å². The highest BCUT2D eigenvalue weighted by Crippen LogP contribution is 2.32. The smallest absolute Gasteiger partial charge is 0.262 e. The second-order valence-corrected chi connectivity index (χ2v) is 5.85. The molecule has 1 fully saturated rings. The van der Waals surface area contributed by atoms with Crippen LogP contribution in [0, 0.1) is 11.3 Å². The molecule has 0 radical (unpaired) electrons. The van der Waals surface area contributed by atoms with Crippen molar-refractivity contribution in [3.8, 4) is 17.6 Å². The molecule has 2 N–H and O–H groups in total. The van der Waals surface area contributed by atoms with Gasteiger partial charge in [-0.1, -0.05) is 18.9 Å². The quantitative estimate of drug-likeness (QED) is 0.478. The van der Waals surface area contributed by atoms with Crippen molar-refractivity contribution in [3.05, 3.63) is 41.5 Å². The molecule has 1 aromatic rings. The molecule has 0 saturated heterocycles. The van der Waals surface area contributed by atoms with Gasteiger partial charge in [-0.25, -0.2) is 0 Å². The third-order valence-electron chi connectivity index (χ3n) is 4.13. The van der Waals surface area contributed by atoms with Crippen molar-refractivity contribution in [1.82, 2.24) is 5.32 Å². The number of ether oxygens (including phenoxy) is 1. The number of aromatic hydroxyl groups is 1. The summed E-state index contributed by atoms with van der Waals surface area (Å²) >= 11 is 0. The number of amides is 1. The second kappa shape index (κ2) is 8.21. The van der Waals surface area contributed by atoms with E-state index in [2.05, 4.69) is 11.9 Å². The van der Waals surface area contributed by atoms with Gasteiger partial charge in [0.15, 0.2) is 11.5 Å². The Morgan fingerprint density at radius 1 is 1.50 bits per heavy atom. The molecule has 24 heavy (non-hydrogen) atoms. The lowest BCUT2D eigenvalue weighted by Crippen LogP contribution is -2.33. The summed E-state index contributed by atoms with van der Waals surface area (Å²) in [5, 5.41) is 22.3. The van der Waals surface area contributed by atoms with E-state index in [4.69, 9.17) is 4.74 Å². The van der Waals surface area contributed by atoms with E-state index in [0.717, 1.165) is 25.7 Å². The predicted molar refractivity (Wildman–Crippen MR) is 92.5 cm³/mol. The second-order valence-electron chi connectivity index (χ2n) is 5.85. The first-order valence-corrected chi connectivity index (χ1v) is 8.02. The maximum atomic E-state index is 12.3. The first-order chi connectivity index (χ1) is 11.6. The molecule has 0 aromatic heterocycles. The summed E-state index contributed by atoms with van der Waals surface area (Å²) in [5.41, 5.74) is 1.29. The molecule has 1 aromatic carbocycles. The van der Waals surface area contributed by atoms with Crippen molar-refractivity contribution in [2.75, 3.05) is 7.11 Å². The minimum Gasteiger partial charge on any atom is -0.504 e. The molecular weight excluding hydrogens is 304 g/mol. The number of rotatable bonds is 6. The normalized spacial score (nSPS) is 14.9. The lowest BCUT2D eigenvalue weighted by atomic mass is 10.0. The Balaban J connectivity index is 2.29. The highest BCUT2D eigenvalue weighted by molar-refractivity contribution is 6.01. The molecule has 126 valence electrons. The molecule has 5 heteroatoms. The Kier molecular flexibility index (Phi) is 6.02. The van der Waals surface area contributed by atoms with E-state index in [0.29, 0.717) is 23.3 Å². The Bertz CT molecular complexity index is 695. The fraction of sp³-hybridized carbons (Fsp3) is 0.368. The van der Waals surface area contributed by atoms with E-state index in [1.807, 2.05) is 6.07 Å². The lowest BCUT2D eigenvalue weighted by Gasteiger charge is -2.12. The van der Waals surface area contributed by atoms with Crippen LogP contribution in [0.2, 0.25) is 0 Å². The van der Waals surface area contributed by atoms with Crippen molar-refractivity contribution < 1.29 is 14.6 Å². The number of phenols is 1. The minimum atomic E-state index is -0.360. The molecule has 1 saturated carbocycles. The van der Waals surface area contributed by atoms with Crippen LogP contribution in [-0.2, 0) is 11.2 Å². The van der Waals surface area contributed by atoms with Crippen molar-refractivity contribution in [2.45, 2.75) is 38.1 Å². The third kappa shape index (κ3) is 4.17. The molecule has 0 heterocycles. The van der Waals surface area contributed by atoms with Crippen LogP contribution in [0.4, 0.5) is 0 Å². The van der Waals surface area contributed by atoms with Crippen LogP contribution < -0.4 is 10.1 Å². The molecule has 5 nitrogen and oxygen atoms in total. The van der Waals surface area contributed by atoms with Crippen LogP contribution in [-0.4, -0.2) is 24.2 Å². The van der Waals surface area contributed by atoms with Gasteiger partial charge in [-0.15, -0.1) is 6.58 Å². The number of nitrogens with zero attached hydrogens (tertiary/aromatic N) is 1. The molecule has 0 atom stereocenters. The van der Waals surface area contributed by atoms with E-state index in [1.165, 1.54) is 13.2 Å². The zero-order valence-corrected chi connectivity index (χ0v) is 13.8. The van der Waals surface area contributed by atoms with Crippen molar-refractivity contribution in [2.24, 2.45) is 0 Å². The van der Waals surface area contributed by atoms with Crippen molar-refractivity contribution in [1.29, 1.82) is 5.26 Å². The topological polar surface area (TPSA) is 82.4 Å². The fourth-order valence-electron chi connectivity index (χ4n) is 2.89. The summed E-state index contributed by atoms with van der Waals surface area (Å²) in [6.45, 7) is 3.66. The Morgan fingerprint density at radius 3 is 2.79 bits per heavy atom. The van der Waals surface area contributed by atoms with Crippen LogP contribution in [0.1, 0.15) is 36.8 Å². The number of methoxy groups -OCH3 is 1. The number of phenolic OH excluding ortho intramolecular Hbond substituents is 1.